The molecule has 1 fully saturated rings. The number of nitrogens with zero attached hydrogens (tertiary/aromatic N) is 7. The molecule has 30 heavy (non-hydrogen) atoms. The lowest BCUT2D eigenvalue weighted by atomic mass is 10.2. The minimum atomic E-state index is -0.379. The molecule has 0 radical (unpaired) electrons. The van der Waals surface area contributed by atoms with Crippen LogP contribution in [-0.4, -0.2) is 48.1 Å². The van der Waals surface area contributed by atoms with Crippen LogP contribution in [0.4, 0.5) is 11.5 Å². The lowest BCUT2D eigenvalue weighted by Crippen LogP contribution is -2.33. The largest absolute Gasteiger partial charge is 0.357 e. The van der Waals surface area contributed by atoms with Gasteiger partial charge in [-0.2, -0.15) is 9.61 Å². The number of anilines is 2. The molecule has 9 nitrogen and oxygen atoms in total. The van der Waals surface area contributed by atoms with Crippen molar-refractivity contribution >= 4 is 46.3 Å². The van der Waals surface area contributed by atoms with E-state index in [1.54, 1.807) is 50.6 Å². The quantitative estimate of drug-likeness (QED) is 0.521. The second-order valence-corrected chi connectivity index (χ2v) is 7.89. The molecule has 152 valence electrons. The Morgan fingerprint density at radius 1 is 1.13 bits per heavy atom. The molecule has 5 rings (SSSR count). The Morgan fingerprint density at radius 3 is 2.67 bits per heavy atom. The molecule has 1 amide bonds. The predicted octanol–water partition coefficient (Wildman–Crippen LogP) is 3.05. The second-order valence-electron chi connectivity index (χ2n) is 7.02. The van der Waals surface area contributed by atoms with Crippen LogP contribution in [0.3, 0.4) is 0 Å². The van der Waals surface area contributed by atoms with E-state index < -0.39 is 0 Å². The van der Waals surface area contributed by atoms with Crippen molar-refractivity contribution in [3.8, 4) is 11.4 Å². The highest BCUT2D eigenvalue weighted by Gasteiger charge is 2.33. The highest BCUT2D eigenvalue weighted by molar-refractivity contribution is 6.35. The molecule has 1 aromatic carbocycles. The van der Waals surface area contributed by atoms with Gasteiger partial charge in [0.2, 0.25) is 5.91 Å². The molecule has 1 N–H and O–H groups in total. The summed E-state index contributed by atoms with van der Waals surface area (Å²) in [5.41, 5.74) is 2.06. The third-order valence-electron chi connectivity index (χ3n) is 4.91. The molecular weight excluding hydrogens is 427 g/mol. The number of fused-ring (bicyclic) bond motifs is 1. The van der Waals surface area contributed by atoms with Crippen molar-refractivity contribution in [1.29, 1.82) is 0 Å². The summed E-state index contributed by atoms with van der Waals surface area (Å²) in [6.45, 7) is 0.614. The molecule has 11 heteroatoms. The predicted molar refractivity (Wildman–Crippen MR) is 114 cm³/mol. The number of amides is 1. The van der Waals surface area contributed by atoms with Crippen molar-refractivity contribution in [2.24, 2.45) is 7.05 Å². The van der Waals surface area contributed by atoms with Crippen LogP contribution in [0.2, 0.25) is 10.0 Å². The number of nitrogens with one attached hydrogen (secondary N) is 1. The summed E-state index contributed by atoms with van der Waals surface area (Å²) in [4.78, 5) is 14.6. The fourth-order valence-electron chi connectivity index (χ4n) is 3.53. The van der Waals surface area contributed by atoms with Crippen LogP contribution >= 0.6 is 23.2 Å². The molecule has 1 saturated heterocycles. The van der Waals surface area contributed by atoms with Crippen molar-refractivity contribution in [3.63, 3.8) is 0 Å². The first-order chi connectivity index (χ1) is 14.5. The topological polar surface area (TPSA) is 93.2 Å². The zero-order valence-electron chi connectivity index (χ0n) is 15.8. The highest BCUT2D eigenvalue weighted by Crippen LogP contribution is 2.27. The number of hydrogen-bond donors (Lipinski definition) is 1. The molecule has 0 saturated carbocycles. The fourth-order valence-corrected chi connectivity index (χ4v) is 4.05. The summed E-state index contributed by atoms with van der Waals surface area (Å²) < 4.78 is 3.27. The Bertz CT molecular complexity index is 1250. The van der Waals surface area contributed by atoms with Gasteiger partial charge in [-0.25, -0.2) is 0 Å². The van der Waals surface area contributed by atoms with Gasteiger partial charge in [-0.05, 0) is 36.8 Å². The first kappa shape index (κ1) is 18.8. The summed E-state index contributed by atoms with van der Waals surface area (Å²) in [5.74, 6) is 1.03. The van der Waals surface area contributed by atoms with Crippen LogP contribution < -0.4 is 10.2 Å². The monoisotopic (exact) mass is 442 g/mol. The smallest absolute Gasteiger partial charge is 0.249 e. The van der Waals surface area contributed by atoms with Gasteiger partial charge in [0, 0.05) is 35.4 Å². The summed E-state index contributed by atoms with van der Waals surface area (Å²) in [5, 5.41) is 21.3. The molecular formula is C19H16Cl2N8O. The average Bonchev–Trinajstić information content (AvgIpc) is 3.40. The Kier molecular flexibility index (Phi) is 4.56. The van der Waals surface area contributed by atoms with Crippen LogP contribution in [0.5, 0.6) is 0 Å². The highest BCUT2D eigenvalue weighted by atomic mass is 35.5. The van der Waals surface area contributed by atoms with Crippen LogP contribution in [0, 0.1) is 0 Å². The number of aromatic nitrogens is 6. The molecule has 0 spiro atoms. The number of halogens is 2. The summed E-state index contributed by atoms with van der Waals surface area (Å²) in [6, 6.07) is 8.33. The summed E-state index contributed by atoms with van der Waals surface area (Å²) in [7, 11) is 1.82. The molecule has 3 aromatic heterocycles. The average molecular weight is 443 g/mol. The standard InChI is InChI=1S/C19H16Cl2N8O/c1-27-10-14(9-22-27)28-5-4-15(19(28)30)23-16-2-3-17-24-25-18(29(17)26-16)11-6-12(20)8-13(21)7-11/h2-3,6-10,15H,4-5H2,1H3,(H,23,26). The summed E-state index contributed by atoms with van der Waals surface area (Å²) >= 11 is 12.2. The van der Waals surface area contributed by atoms with Gasteiger partial charge < -0.3 is 10.2 Å². The van der Waals surface area contributed by atoms with E-state index in [2.05, 4.69) is 25.7 Å². The van der Waals surface area contributed by atoms with E-state index in [-0.39, 0.29) is 11.9 Å². The van der Waals surface area contributed by atoms with Gasteiger partial charge in [0.25, 0.3) is 0 Å². The van der Waals surface area contributed by atoms with Crippen molar-refractivity contribution in [2.45, 2.75) is 12.5 Å². The third-order valence-corrected chi connectivity index (χ3v) is 5.35. The van der Waals surface area contributed by atoms with E-state index >= 15 is 0 Å². The lowest BCUT2D eigenvalue weighted by Gasteiger charge is -2.15. The van der Waals surface area contributed by atoms with Gasteiger partial charge in [0.1, 0.15) is 11.9 Å². The van der Waals surface area contributed by atoms with Crippen LogP contribution in [0.25, 0.3) is 17.0 Å². The van der Waals surface area contributed by atoms with Gasteiger partial charge >= 0.3 is 0 Å². The maximum atomic E-state index is 12.8. The van der Waals surface area contributed by atoms with E-state index in [9.17, 15) is 4.79 Å². The zero-order valence-corrected chi connectivity index (χ0v) is 17.3. The molecule has 1 atom stereocenters. The van der Waals surface area contributed by atoms with E-state index in [4.69, 9.17) is 23.2 Å². The Hall–Kier alpha value is -3.17. The molecule has 1 aliphatic rings. The number of benzene rings is 1. The van der Waals surface area contributed by atoms with E-state index in [1.807, 2.05) is 13.2 Å². The van der Waals surface area contributed by atoms with Crippen molar-refractivity contribution in [1.82, 2.24) is 29.6 Å². The number of aryl methyl sites for hydroxylation is 1. The van der Waals surface area contributed by atoms with Gasteiger partial charge in [-0.1, -0.05) is 23.2 Å². The fraction of sp³-hybridized carbons (Fsp3) is 0.211. The van der Waals surface area contributed by atoms with Crippen LogP contribution in [-0.2, 0) is 11.8 Å². The molecule has 4 heterocycles. The van der Waals surface area contributed by atoms with Crippen molar-refractivity contribution in [3.05, 3.63) is 52.8 Å². The molecule has 0 bridgehead atoms. The second kappa shape index (κ2) is 7.26. The van der Waals surface area contributed by atoms with Gasteiger partial charge in [-0.15, -0.1) is 15.3 Å². The third kappa shape index (κ3) is 3.35. The SMILES string of the molecule is Cn1cc(N2CCC(Nc3ccc4nnc(-c5cc(Cl)cc(Cl)c5)n4n3)C2=O)cn1. The van der Waals surface area contributed by atoms with E-state index in [0.29, 0.717) is 45.9 Å². The van der Waals surface area contributed by atoms with Gasteiger partial charge in [-0.3, -0.25) is 9.48 Å². The number of hydrogen-bond acceptors (Lipinski definition) is 6. The Morgan fingerprint density at radius 2 is 1.93 bits per heavy atom. The van der Waals surface area contributed by atoms with E-state index in [0.717, 1.165) is 5.69 Å². The molecule has 4 aromatic rings. The number of carbonyl (C=O) groups is 1. The lowest BCUT2D eigenvalue weighted by molar-refractivity contribution is -0.117. The zero-order chi connectivity index (χ0) is 20.8. The van der Waals surface area contributed by atoms with Crippen molar-refractivity contribution in [2.75, 3.05) is 16.8 Å². The van der Waals surface area contributed by atoms with E-state index in [1.165, 1.54) is 0 Å². The molecule has 1 aliphatic heterocycles. The van der Waals surface area contributed by atoms with Crippen LogP contribution in [0.15, 0.2) is 42.7 Å². The first-order valence-corrected chi connectivity index (χ1v) is 9.99. The van der Waals surface area contributed by atoms with Crippen molar-refractivity contribution < 1.29 is 4.79 Å². The Balaban J connectivity index is 1.42. The Labute approximate surface area is 181 Å². The summed E-state index contributed by atoms with van der Waals surface area (Å²) in [6.07, 6.45) is 4.17. The maximum Gasteiger partial charge on any atom is 0.249 e. The molecule has 1 unspecified atom stereocenters. The number of rotatable bonds is 4. The molecule has 0 aliphatic carbocycles. The minimum Gasteiger partial charge on any atom is -0.357 e. The van der Waals surface area contributed by atoms with Gasteiger partial charge in [0.15, 0.2) is 11.5 Å². The number of carbonyl (C=O) groups excluding carboxylic acids is 1. The first-order valence-electron chi connectivity index (χ1n) is 9.23. The van der Waals surface area contributed by atoms with Crippen LogP contribution in [0.1, 0.15) is 6.42 Å². The van der Waals surface area contributed by atoms with Gasteiger partial charge in [0.05, 0.1) is 11.9 Å². The normalized spacial score (nSPS) is 16.6. The minimum absolute atomic E-state index is 0.0181. The maximum absolute atomic E-state index is 12.8.